The van der Waals surface area contributed by atoms with Crippen LogP contribution in [0, 0.1) is 0 Å². The number of amides is 2. The molecule has 130 valence electrons. The van der Waals surface area contributed by atoms with Crippen molar-refractivity contribution < 1.29 is 14.3 Å². The molecular weight excluding hydrogens is 320 g/mol. The number of piperazine rings is 1. The summed E-state index contributed by atoms with van der Waals surface area (Å²) in [6.07, 6.45) is 4.07. The fourth-order valence-electron chi connectivity index (χ4n) is 3.60. The van der Waals surface area contributed by atoms with Gasteiger partial charge in [0, 0.05) is 37.6 Å². The number of carbonyl (C=O) groups excluding carboxylic acids is 2. The van der Waals surface area contributed by atoms with E-state index in [-0.39, 0.29) is 17.5 Å². The van der Waals surface area contributed by atoms with E-state index in [2.05, 4.69) is 5.10 Å². The summed E-state index contributed by atoms with van der Waals surface area (Å²) in [5.41, 5.74) is 1.16. The number of hydrogen-bond acceptors (Lipinski definition) is 4. The summed E-state index contributed by atoms with van der Waals surface area (Å²) in [7, 11) is 0. The molecule has 25 heavy (non-hydrogen) atoms. The van der Waals surface area contributed by atoms with Gasteiger partial charge in [-0.25, -0.2) is 9.48 Å². The molecule has 0 spiro atoms. The normalized spacial score (nSPS) is 22.7. The molecule has 1 unspecified atom stereocenters. The molecule has 1 aromatic carbocycles. The van der Waals surface area contributed by atoms with Crippen LogP contribution in [0.2, 0.25) is 0 Å². The van der Waals surface area contributed by atoms with Gasteiger partial charge < -0.3 is 9.64 Å². The number of nitrogens with zero attached hydrogens (tertiary/aromatic N) is 4. The van der Waals surface area contributed by atoms with Crippen molar-refractivity contribution in [3.63, 3.8) is 0 Å². The molecule has 4 rings (SSSR count). The van der Waals surface area contributed by atoms with Crippen molar-refractivity contribution in [1.29, 1.82) is 0 Å². The molecule has 0 bridgehead atoms. The second-order valence-corrected chi connectivity index (χ2v) is 6.51. The van der Waals surface area contributed by atoms with E-state index in [0.717, 1.165) is 12.1 Å². The molecule has 0 aliphatic carbocycles. The Morgan fingerprint density at radius 1 is 1.28 bits per heavy atom. The van der Waals surface area contributed by atoms with Gasteiger partial charge in [-0.2, -0.15) is 5.10 Å². The van der Waals surface area contributed by atoms with Crippen LogP contribution in [0.25, 0.3) is 5.69 Å². The van der Waals surface area contributed by atoms with Crippen LogP contribution in [0.3, 0.4) is 0 Å². The molecule has 7 heteroatoms. The Balaban J connectivity index is 1.52. The van der Waals surface area contributed by atoms with Crippen LogP contribution >= 0.6 is 0 Å². The number of ether oxygens (including phenoxy) is 1. The lowest BCUT2D eigenvalue weighted by Gasteiger charge is -2.44. The Kier molecular flexibility index (Phi) is 3.71. The molecule has 7 nitrogen and oxygen atoms in total. The van der Waals surface area contributed by atoms with Gasteiger partial charge in [-0.15, -0.1) is 0 Å². The number of benzene rings is 1. The van der Waals surface area contributed by atoms with E-state index in [1.54, 1.807) is 15.8 Å². The van der Waals surface area contributed by atoms with Crippen LogP contribution in [0.5, 0.6) is 0 Å². The van der Waals surface area contributed by atoms with Crippen LogP contribution in [0.15, 0.2) is 42.7 Å². The molecule has 0 radical (unpaired) electrons. The number of fused-ring (bicyclic) bond motifs is 1. The fourth-order valence-corrected chi connectivity index (χ4v) is 3.60. The molecule has 0 saturated carbocycles. The average molecular weight is 340 g/mol. The van der Waals surface area contributed by atoms with Gasteiger partial charge in [-0.1, -0.05) is 6.92 Å². The van der Waals surface area contributed by atoms with Crippen LogP contribution in [0.4, 0.5) is 4.79 Å². The van der Waals surface area contributed by atoms with Crippen molar-refractivity contribution in [3.05, 3.63) is 48.3 Å². The van der Waals surface area contributed by atoms with Gasteiger partial charge in [-0.3, -0.25) is 9.69 Å². The number of cyclic esters (lactones) is 1. The molecule has 2 aliphatic heterocycles. The second kappa shape index (κ2) is 5.91. The summed E-state index contributed by atoms with van der Waals surface area (Å²) in [6.45, 7) is 3.93. The van der Waals surface area contributed by atoms with E-state index in [9.17, 15) is 9.59 Å². The van der Waals surface area contributed by atoms with E-state index in [0.29, 0.717) is 31.8 Å². The Morgan fingerprint density at radius 3 is 2.76 bits per heavy atom. The Labute approximate surface area is 145 Å². The standard InChI is InChI=1S/C18H20N4O3/c1-2-18-12-20(10-11-21(18)17(24)25-13-18)16(23)14-4-6-15(7-5-14)22-9-3-8-19-22/h3-9H,2,10-13H2,1H3. The molecule has 2 aliphatic rings. The maximum Gasteiger partial charge on any atom is 0.410 e. The summed E-state index contributed by atoms with van der Waals surface area (Å²) < 4.78 is 6.97. The Hall–Kier alpha value is -2.83. The zero-order valence-electron chi connectivity index (χ0n) is 14.1. The number of carbonyl (C=O) groups is 2. The highest BCUT2D eigenvalue weighted by molar-refractivity contribution is 5.94. The number of rotatable bonds is 3. The van der Waals surface area contributed by atoms with Crippen LogP contribution in [-0.2, 0) is 4.74 Å². The summed E-state index contributed by atoms with van der Waals surface area (Å²) in [4.78, 5) is 28.3. The SMILES string of the molecule is CCC12COC(=O)N1CCN(C(=O)c1ccc(-n3cccn3)cc1)C2. The first kappa shape index (κ1) is 15.7. The predicted molar refractivity (Wildman–Crippen MR) is 90.5 cm³/mol. The number of aromatic nitrogens is 2. The molecule has 2 saturated heterocycles. The summed E-state index contributed by atoms with van der Waals surface area (Å²) in [5.74, 6) is -0.0150. The smallest absolute Gasteiger partial charge is 0.410 e. The first-order valence-corrected chi connectivity index (χ1v) is 8.47. The minimum absolute atomic E-state index is 0.0150. The molecule has 2 amide bonds. The fraction of sp³-hybridized carbons (Fsp3) is 0.389. The zero-order valence-corrected chi connectivity index (χ0v) is 14.1. The third kappa shape index (κ3) is 2.56. The third-order valence-corrected chi connectivity index (χ3v) is 5.16. The van der Waals surface area contributed by atoms with Crippen molar-refractivity contribution >= 4 is 12.0 Å². The van der Waals surface area contributed by atoms with Gasteiger partial charge in [0.1, 0.15) is 6.61 Å². The van der Waals surface area contributed by atoms with Gasteiger partial charge in [0.15, 0.2) is 0 Å². The first-order chi connectivity index (χ1) is 12.1. The Bertz CT molecular complexity index is 787. The van der Waals surface area contributed by atoms with Crippen LogP contribution < -0.4 is 0 Å². The highest BCUT2D eigenvalue weighted by Crippen LogP contribution is 2.32. The van der Waals surface area contributed by atoms with Crippen molar-refractivity contribution in [2.45, 2.75) is 18.9 Å². The maximum atomic E-state index is 12.9. The van der Waals surface area contributed by atoms with E-state index in [1.165, 1.54) is 0 Å². The lowest BCUT2D eigenvalue weighted by atomic mass is 9.92. The van der Waals surface area contributed by atoms with Crippen molar-refractivity contribution in [1.82, 2.24) is 19.6 Å². The summed E-state index contributed by atoms with van der Waals surface area (Å²) in [5, 5.41) is 4.18. The van der Waals surface area contributed by atoms with Gasteiger partial charge in [-0.05, 0) is 36.8 Å². The molecule has 3 heterocycles. The maximum absolute atomic E-state index is 12.9. The van der Waals surface area contributed by atoms with Crippen LogP contribution in [0.1, 0.15) is 23.7 Å². The van der Waals surface area contributed by atoms with E-state index in [1.807, 2.05) is 48.4 Å². The van der Waals surface area contributed by atoms with Crippen LogP contribution in [-0.4, -0.2) is 63.4 Å². The van der Waals surface area contributed by atoms with Crippen molar-refractivity contribution in [2.24, 2.45) is 0 Å². The lowest BCUT2D eigenvalue weighted by Crippen LogP contribution is -2.62. The van der Waals surface area contributed by atoms with Gasteiger partial charge in [0.2, 0.25) is 0 Å². The monoisotopic (exact) mass is 340 g/mol. The summed E-state index contributed by atoms with van der Waals surface area (Å²) in [6, 6.07) is 9.26. The molecule has 1 aromatic heterocycles. The predicted octanol–water partition coefficient (Wildman–Crippen LogP) is 1.93. The molecule has 1 atom stereocenters. The highest BCUT2D eigenvalue weighted by atomic mass is 16.6. The average Bonchev–Trinajstić information content (AvgIpc) is 3.30. The van der Waals surface area contributed by atoms with E-state index in [4.69, 9.17) is 4.74 Å². The molecule has 2 fully saturated rings. The minimum Gasteiger partial charge on any atom is -0.447 e. The molecule has 0 N–H and O–H groups in total. The lowest BCUT2D eigenvalue weighted by molar-refractivity contribution is 0.0362. The van der Waals surface area contributed by atoms with E-state index < -0.39 is 0 Å². The zero-order chi connectivity index (χ0) is 17.4. The van der Waals surface area contributed by atoms with Crippen molar-refractivity contribution in [2.75, 3.05) is 26.2 Å². The molecular formula is C18H20N4O3. The second-order valence-electron chi connectivity index (χ2n) is 6.51. The molecule has 2 aromatic rings. The third-order valence-electron chi connectivity index (χ3n) is 5.16. The van der Waals surface area contributed by atoms with E-state index >= 15 is 0 Å². The Morgan fingerprint density at radius 2 is 2.08 bits per heavy atom. The van der Waals surface area contributed by atoms with Gasteiger partial charge in [0.25, 0.3) is 5.91 Å². The van der Waals surface area contributed by atoms with Gasteiger partial charge in [0.05, 0.1) is 11.2 Å². The number of hydrogen-bond donors (Lipinski definition) is 0. The largest absolute Gasteiger partial charge is 0.447 e. The van der Waals surface area contributed by atoms with Crippen molar-refractivity contribution in [3.8, 4) is 5.69 Å². The first-order valence-electron chi connectivity index (χ1n) is 8.47. The minimum atomic E-state index is -0.389. The summed E-state index contributed by atoms with van der Waals surface area (Å²) >= 11 is 0. The quantitative estimate of drug-likeness (QED) is 0.856. The van der Waals surface area contributed by atoms with Gasteiger partial charge >= 0.3 is 6.09 Å². The topological polar surface area (TPSA) is 67.7 Å². The highest BCUT2D eigenvalue weighted by Gasteiger charge is 2.50.